The lowest BCUT2D eigenvalue weighted by Gasteiger charge is -2.26. The molecule has 0 N–H and O–H groups in total. The van der Waals surface area contributed by atoms with Crippen molar-refractivity contribution in [2.45, 2.75) is 6.10 Å². The third-order valence-corrected chi connectivity index (χ3v) is 1.87. The fraction of sp³-hybridized carbons (Fsp3) is 0.300. The van der Waals surface area contributed by atoms with E-state index in [1.165, 1.54) is 0 Å². The number of benzene rings is 1. The molecule has 0 spiro atoms. The topological polar surface area (TPSA) is 42.2 Å². The normalized spacial score (nSPS) is 15.9. The summed E-state index contributed by atoms with van der Waals surface area (Å²) in [6.07, 6.45) is 0.161. The molecular weight excluding hydrogens is 166 g/mol. The average molecular weight is 175 g/mol. The molecule has 1 aromatic carbocycles. The van der Waals surface area contributed by atoms with Gasteiger partial charge in [0, 0.05) is 0 Å². The van der Waals surface area contributed by atoms with Gasteiger partial charge in [-0.15, -0.1) is 0 Å². The van der Waals surface area contributed by atoms with Gasteiger partial charge in [0.1, 0.15) is 11.9 Å². The Balaban J connectivity index is 2.07. The quantitative estimate of drug-likeness (QED) is 0.681. The first-order chi connectivity index (χ1) is 6.38. The molecule has 0 saturated carbocycles. The molecule has 3 heteroatoms. The van der Waals surface area contributed by atoms with Crippen molar-refractivity contribution in [2.24, 2.45) is 0 Å². The van der Waals surface area contributed by atoms with Gasteiger partial charge in [0.05, 0.1) is 24.8 Å². The monoisotopic (exact) mass is 175 g/mol. The maximum atomic E-state index is 8.64. The standard InChI is InChI=1S/C10H9NO2/c11-5-8-2-1-3-9(4-8)13-10-6-12-7-10/h1-4,10H,6-7H2. The Labute approximate surface area is 76.5 Å². The lowest BCUT2D eigenvalue weighted by Crippen LogP contribution is -2.38. The van der Waals surface area contributed by atoms with Crippen molar-refractivity contribution in [1.29, 1.82) is 5.26 Å². The van der Waals surface area contributed by atoms with E-state index in [2.05, 4.69) is 6.07 Å². The summed E-state index contributed by atoms with van der Waals surface area (Å²) in [4.78, 5) is 0. The highest BCUT2D eigenvalue weighted by Gasteiger charge is 2.19. The Morgan fingerprint density at radius 3 is 2.92 bits per heavy atom. The van der Waals surface area contributed by atoms with E-state index in [1.54, 1.807) is 12.1 Å². The fourth-order valence-corrected chi connectivity index (χ4v) is 1.11. The van der Waals surface area contributed by atoms with Crippen molar-refractivity contribution in [3.8, 4) is 11.8 Å². The molecule has 0 aromatic heterocycles. The maximum absolute atomic E-state index is 8.64. The van der Waals surface area contributed by atoms with Gasteiger partial charge >= 0.3 is 0 Å². The van der Waals surface area contributed by atoms with Gasteiger partial charge in [-0.05, 0) is 18.2 Å². The Morgan fingerprint density at radius 1 is 1.46 bits per heavy atom. The second-order valence-electron chi connectivity index (χ2n) is 2.92. The van der Waals surface area contributed by atoms with E-state index in [9.17, 15) is 0 Å². The first kappa shape index (κ1) is 8.09. The molecule has 0 radical (unpaired) electrons. The van der Waals surface area contributed by atoms with Gasteiger partial charge in [0.25, 0.3) is 0 Å². The Morgan fingerprint density at radius 2 is 2.31 bits per heavy atom. The molecule has 1 heterocycles. The minimum absolute atomic E-state index is 0.161. The van der Waals surface area contributed by atoms with Crippen LogP contribution in [0.2, 0.25) is 0 Å². The summed E-state index contributed by atoms with van der Waals surface area (Å²) in [7, 11) is 0. The third-order valence-electron chi connectivity index (χ3n) is 1.87. The fourth-order valence-electron chi connectivity index (χ4n) is 1.11. The number of ether oxygens (including phenoxy) is 2. The molecule has 3 nitrogen and oxygen atoms in total. The van der Waals surface area contributed by atoms with Crippen LogP contribution in [0.1, 0.15) is 5.56 Å². The summed E-state index contributed by atoms with van der Waals surface area (Å²) in [6.45, 7) is 1.30. The first-order valence-corrected chi connectivity index (χ1v) is 4.13. The van der Waals surface area contributed by atoms with Crippen LogP contribution in [0.15, 0.2) is 24.3 Å². The van der Waals surface area contributed by atoms with E-state index in [0.717, 1.165) is 5.75 Å². The minimum atomic E-state index is 0.161. The van der Waals surface area contributed by atoms with Crippen molar-refractivity contribution < 1.29 is 9.47 Å². The zero-order valence-corrected chi connectivity index (χ0v) is 7.06. The van der Waals surface area contributed by atoms with Crippen LogP contribution in [0.4, 0.5) is 0 Å². The highest BCUT2D eigenvalue weighted by Crippen LogP contribution is 2.16. The predicted octanol–water partition coefficient (Wildman–Crippen LogP) is 1.34. The largest absolute Gasteiger partial charge is 0.486 e. The van der Waals surface area contributed by atoms with E-state index in [0.29, 0.717) is 18.8 Å². The molecule has 1 saturated heterocycles. The molecule has 1 aliphatic heterocycles. The molecule has 0 bridgehead atoms. The van der Waals surface area contributed by atoms with E-state index >= 15 is 0 Å². The van der Waals surface area contributed by atoms with Gasteiger partial charge in [-0.25, -0.2) is 0 Å². The van der Waals surface area contributed by atoms with E-state index in [1.807, 2.05) is 12.1 Å². The highest BCUT2D eigenvalue weighted by molar-refractivity contribution is 5.36. The van der Waals surface area contributed by atoms with Crippen LogP contribution in [0.3, 0.4) is 0 Å². The zero-order valence-electron chi connectivity index (χ0n) is 7.06. The molecular formula is C10H9NO2. The molecule has 0 aliphatic carbocycles. The van der Waals surface area contributed by atoms with Gasteiger partial charge in [-0.1, -0.05) is 6.07 Å². The Bertz CT molecular complexity index is 339. The molecule has 2 rings (SSSR count). The molecule has 0 atom stereocenters. The zero-order chi connectivity index (χ0) is 9.10. The predicted molar refractivity (Wildman–Crippen MR) is 46.4 cm³/mol. The lowest BCUT2D eigenvalue weighted by atomic mass is 10.2. The van der Waals surface area contributed by atoms with Crippen LogP contribution in [0, 0.1) is 11.3 Å². The lowest BCUT2D eigenvalue weighted by molar-refractivity contribution is -0.0796. The smallest absolute Gasteiger partial charge is 0.145 e. The summed E-state index contributed by atoms with van der Waals surface area (Å²) in [5, 5.41) is 8.64. The molecule has 1 aliphatic rings. The van der Waals surface area contributed by atoms with Gasteiger partial charge < -0.3 is 9.47 Å². The number of hydrogen-bond donors (Lipinski definition) is 0. The summed E-state index contributed by atoms with van der Waals surface area (Å²) >= 11 is 0. The van der Waals surface area contributed by atoms with Gasteiger partial charge in [-0.2, -0.15) is 5.26 Å². The first-order valence-electron chi connectivity index (χ1n) is 4.13. The van der Waals surface area contributed by atoms with Crippen molar-refractivity contribution in [2.75, 3.05) is 13.2 Å². The second-order valence-corrected chi connectivity index (χ2v) is 2.92. The van der Waals surface area contributed by atoms with Crippen molar-refractivity contribution in [1.82, 2.24) is 0 Å². The summed E-state index contributed by atoms with van der Waals surface area (Å²) < 4.78 is 10.5. The van der Waals surface area contributed by atoms with Crippen molar-refractivity contribution in [3.63, 3.8) is 0 Å². The molecule has 1 aromatic rings. The van der Waals surface area contributed by atoms with Crippen LogP contribution < -0.4 is 4.74 Å². The van der Waals surface area contributed by atoms with Gasteiger partial charge in [0.15, 0.2) is 0 Å². The summed E-state index contributed by atoms with van der Waals surface area (Å²) in [5.41, 5.74) is 0.623. The molecule has 66 valence electrons. The van der Waals surface area contributed by atoms with E-state index < -0.39 is 0 Å². The number of nitriles is 1. The SMILES string of the molecule is N#Cc1cccc(OC2COC2)c1. The third kappa shape index (κ3) is 1.79. The highest BCUT2D eigenvalue weighted by atomic mass is 16.6. The Hall–Kier alpha value is -1.53. The molecule has 13 heavy (non-hydrogen) atoms. The number of nitrogens with zero attached hydrogens (tertiary/aromatic N) is 1. The summed E-state index contributed by atoms with van der Waals surface area (Å²) in [6, 6.07) is 9.21. The van der Waals surface area contributed by atoms with Crippen LogP contribution in [0.5, 0.6) is 5.75 Å². The summed E-state index contributed by atoms with van der Waals surface area (Å²) in [5.74, 6) is 0.743. The van der Waals surface area contributed by atoms with Crippen molar-refractivity contribution >= 4 is 0 Å². The van der Waals surface area contributed by atoms with E-state index in [4.69, 9.17) is 14.7 Å². The Kier molecular flexibility index (Phi) is 2.15. The van der Waals surface area contributed by atoms with Crippen LogP contribution in [-0.2, 0) is 4.74 Å². The maximum Gasteiger partial charge on any atom is 0.145 e. The van der Waals surface area contributed by atoms with Gasteiger partial charge in [0.2, 0.25) is 0 Å². The van der Waals surface area contributed by atoms with Crippen LogP contribution >= 0.6 is 0 Å². The molecule has 0 unspecified atom stereocenters. The minimum Gasteiger partial charge on any atom is -0.486 e. The van der Waals surface area contributed by atoms with Crippen molar-refractivity contribution in [3.05, 3.63) is 29.8 Å². The average Bonchev–Trinajstić information content (AvgIpc) is 2.12. The van der Waals surface area contributed by atoms with E-state index in [-0.39, 0.29) is 6.10 Å². The molecule has 0 amide bonds. The number of rotatable bonds is 2. The van der Waals surface area contributed by atoms with Crippen LogP contribution in [-0.4, -0.2) is 19.3 Å². The number of hydrogen-bond acceptors (Lipinski definition) is 3. The molecule has 1 fully saturated rings. The van der Waals surface area contributed by atoms with Crippen LogP contribution in [0.25, 0.3) is 0 Å². The van der Waals surface area contributed by atoms with Gasteiger partial charge in [-0.3, -0.25) is 0 Å². The second kappa shape index (κ2) is 3.46.